The molecule has 1 amide bonds. The van der Waals surface area contributed by atoms with Crippen LogP contribution in [0, 0.1) is 12.7 Å². The van der Waals surface area contributed by atoms with Gasteiger partial charge in [0.05, 0.1) is 12.6 Å². The van der Waals surface area contributed by atoms with Crippen molar-refractivity contribution in [3.63, 3.8) is 0 Å². The fourth-order valence-electron chi connectivity index (χ4n) is 4.35. The largest absolute Gasteiger partial charge is 0.375 e. The lowest BCUT2D eigenvalue weighted by molar-refractivity contribution is -0.666. The molecule has 0 spiro atoms. The number of nitrogen functional groups attached to an aromatic ring is 1. The van der Waals surface area contributed by atoms with E-state index in [1.54, 1.807) is 29.0 Å². The van der Waals surface area contributed by atoms with E-state index in [2.05, 4.69) is 5.32 Å². The third-order valence-corrected chi connectivity index (χ3v) is 6.20. The summed E-state index contributed by atoms with van der Waals surface area (Å²) in [5.74, 6) is -0.567. The third-order valence-electron chi connectivity index (χ3n) is 6.20. The summed E-state index contributed by atoms with van der Waals surface area (Å²) in [5, 5.41) is 3.11. The fourth-order valence-corrected chi connectivity index (χ4v) is 4.35. The van der Waals surface area contributed by atoms with Crippen LogP contribution in [0.2, 0.25) is 0 Å². The maximum absolute atomic E-state index is 13.4. The molecule has 8 nitrogen and oxygen atoms in total. The average molecular weight is 463 g/mol. The van der Waals surface area contributed by atoms with Crippen molar-refractivity contribution in [2.45, 2.75) is 39.0 Å². The number of fused-ring (bicyclic) bond motifs is 2. The molecule has 3 N–H and O–H groups in total. The lowest BCUT2D eigenvalue weighted by Crippen LogP contribution is -2.46. The first-order chi connectivity index (χ1) is 16.4. The Morgan fingerprint density at radius 3 is 2.85 bits per heavy atom. The number of pyridine rings is 2. The van der Waals surface area contributed by atoms with Crippen LogP contribution >= 0.6 is 0 Å². The van der Waals surface area contributed by atoms with Gasteiger partial charge >= 0.3 is 0 Å². The maximum Gasteiger partial charge on any atom is 0.278 e. The SMILES string of the molecule is Cc1cccn2c(=O)c3cc(C(=O)NCc4ccc(F)cc4)c(N)[n+](C[C@H]4CCCO4)c3nc12. The average Bonchev–Trinajstić information content (AvgIpc) is 3.34. The molecular weight excluding hydrogens is 437 g/mol. The van der Waals surface area contributed by atoms with Crippen LogP contribution in [-0.2, 0) is 17.8 Å². The van der Waals surface area contributed by atoms with Crippen LogP contribution in [0.3, 0.4) is 0 Å². The molecule has 1 aliphatic rings. The molecule has 3 aromatic heterocycles. The van der Waals surface area contributed by atoms with Gasteiger partial charge in [-0.2, -0.15) is 0 Å². The fraction of sp³-hybridized carbons (Fsp3) is 0.280. The normalized spacial score (nSPS) is 15.8. The highest BCUT2D eigenvalue weighted by molar-refractivity contribution is 6.00. The van der Waals surface area contributed by atoms with Crippen molar-refractivity contribution in [2.24, 2.45) is 0 Å². The number of benzene rings is 1. The Labute approximate surface area is 194 Å². The van der Waals surface area contributed by atoms with Gasteiger partial charge in [0.15, 0.2) is 0 Å². The minimum absolute atomic E-state index is 0.0786. The standard InChI is InChI=1S/C25H24FN5O3/c1-15-4-2-10-30-22(15)29-23-20(25(30)33)12-19(21(27)31(23)14-18-5-3-11-34-18)24(32)28-13-16-6-8-17(26)9-7-16/h2,4,6-10,12,18,27H,3,5,11,13-14H2,1H3,(H,28,32)/p+1/t18-/m1/s1. The van der Waals surface area contributed by atoms with E-state index >= 15 is 0 Å². The first kappa shape index (κ1) is 22.0. The highest BCUT2D eigenvalue weighted by Crippen LogP contribution is 2.19. The minimum Gasteiger partial charge on any atom is -0.375 e. The molecule has 9 heteroatoms. The maximum atomic E-state index is 13.4. The molecule has 4 aromatic rings. The molecule has 1 atom stereocenters. The quantitative estimate of drug-likeness (QED) is 0.350. The molecule has 1 aromatic carbocycles. The molecule has 0 unspecified atom stereocenters. The van der Waals surface area contributed by atoms with Gasteiger partial charge in [-0.3, -0.25) is 14.0 Å². The highest BCUT2D eigenvalue weighted by atomic mass is 19.1. The number of carbonyl (C=O) groups is 1. The Morgan fingerprint density at radius 2 is 2.12 bits per heavy atom. The summed E-state index contributed by atoms with van der Waals surface area (Å²) in [5.41, 5.74) is 8.94. The van der Waals surface area contributed by atoms with E-state index in [1.165, 1.54) is 22.6 Å². The summed E-state index contributed by atoms with van der Waals surface area (Å²) >= 11 is 0. The summed E-state index contributed by atoms with van der Waals surface area (Å²) in [6.45, 7) is 3.13. The predicted octanol–water partition coefficient (Wildman–Crippen LogP) is 2.27. The van der Waals surface area contributed by atoms with E-state index < -0.39 is 5.91 Å². The zero-order valence-corrected chi connectivity index (χ0v) is 18.8. The van der Waals surface area contributed by atoms with Crippen LogP contribution in [0.4, 0.5) is 10.2 Å². The number of nitrogens with two attached hydrogens (primary N) is 1. The van der Waals surface area contributed by atoms with Crippen LogP contribution in [0.5, 0.6) is 0 Å². The summed E-state index contributed by atoms with van der Waals surface area (Å²) in [6, 6.07) is 11.0. The van der Waals surface area contributed by atoms with Crippen molar-refractivity contribution >= 4 is 28.4 Å². The molecule has 5 rings (SSSR count). The smallest absolute Gasteiger partial charge is 0.278 e. The number of rotatable bonds is 5. The van der Waals surface area contributed by atoms with Crippen LogP contribution in [0.25, 0.3) is 16.7 Å². The van der Waals surface area contributed by atoms with Crippen LogP contribution in [0.1, 0.15) is 34.3 Å². The van der Waals surface area contributed by atoms with Gasteiger partial charge in [-0.05, 0) is 49.6 Å². The van der Waals surface area contributed by atoms with Gasteiger partial charge < -0.3 is 15.8 Å². The number of hydrogen-bond acceptors (Lipinski definition) is 5. The monoisotopic (exact) mass is 462 g/mol. The van der Waals surface area contributed by atoms with E-state index in [4.69, 9.17) is 15.5 Å². The van der Waals surface area contributed by atoms with Gasteiger partial charge in [-0.1, -0.05) is 23.2 Å². The number of aromatic nitrogens is 3. The molecule has 0 bridgehead atoms. The van der Waals surface area contributed by atoms with Crippen molar-refractivity contribution < 1.29 is 18.5 Å². The van der Waals surface area contributed by atoms with Crippen molar-refractivity contribution in [2.75, 3.05) is 12.3 Å². The van der Waals surface area contributed by atoms with Gasteiger partial charge in [0.25, 0.3) is 17.1 Å². The number of ether oxygens (including phenoxy) is 1. The molecule has 34 heavy (non-hydrogen) atoms. The third kappa shape index (κ3) is 3.99. The van der Waals surface area contributed by atoms with Crippen molar-refractivity contribution in [3.05, 3.63) is 81.5 Å². The van der Waals surface area contributed by atoms with E-state index in [0.717, 1.165) is 24.0 Å². The zero-order chi connectivity index (χ0) is 23.8. The van der Waals surface area contributed by atoms with Gasteiger partial charge in [-0.25, -0.2) is 8.96 Å². The molecule has 0 saturated carbocycles. The summed E-state index contributed by atoms with van der Waals surface area (Å²) in [4.78, 5) is 31.3. The van der Waals surface area contributed by atoms with Gasteiger partial charge in [0, 0.05) is 24.9 Å². The summed E-state index contributed by atoms with van der Waals surface area (Å²) < 4.78 is 22.2. The Morgan fingerprint density at radius 1 is 1.32 bits per heavy atom. The number of aryl methyl sites for hydroxylation is 1. The Hall–Kier alpha value is -3.85. The van der Waals surface area contributed by atoms with E-state index in [-0.39, 0.29) is 35.4 Å². The van der Waals surface area contributed by atoms with Gasteiger partial charge in [0.1, 0.15) is 16.8 Å². The number of halogens is 1. The topological polar surface area (TPSA) is 103 Å². The van der Waals surface area contributed by atoms with Crippen molar-refractivity contribution in [1.29, 1.82) is 0 Å². The second kappa shape index (κ2) is 8.83. The number of nitrogens with one attached hydrogen (secondary N) is 1. The van der Waals surface area contributed by atoms with Gasteiger partial charge in [-0.15, -0.1) is 0 Å². The van der Waals surface area contributed by atoms with Crippen molar-refractivity contribution in [1.82, 2.24) is 14.7 Å². The zero-order valence-electron chi connectivity index (χ0n) is 18.8. The lowest BCUT2D eigenvalue weighted by Gasteiger charge is -2.15. The molecule has 4 heterocycles. The van der Waals surface area contributed by atoms with Crippen LogP contribution < -0.4 is 21.2 Å². The lowest BCUT2D eigenvalue weighted by atomic mass is 10.1. The number of amides is 1. The Kier molecular flexibility index (Phi) is 5.70. The van der Waals surface area contributed by atoms with E-state index in [1.807, 2.05) is 13.0 Å². The molecular formula is C25H25FN5O3+. The number of anilines is 1. The predicted molar refractivity (Wildman–Crippen MR) is 125 cm³/mol. The molecule has 0 aliphatic carbocycles. The van der Waals surface area contributed by atoms with Gasteiger partial charge in [0.2, 0.25) is 11.5 Å². The minimum atomic E-state index is -0.432. The van der Waals surface area contributed by atoms with E-state index in [9.17, 15) is 14.0 Å². The highest BCUT2D eigenvalue weighted by Gasteiger charge is 2.28. The number of hydrogen-bond donors (Lipinski definition) is 2. The first-order valence-electron chi connectivity index (χ1n) is 11.2. The van der Waals surface area contributed by atoms with Crippen molar-refractivity contribution in [3.8, 4) is 0 Å². The molecule has 174 valence electrons. The van der Waals surface area contributed by atoms with Crippen LogP contribution in [-0.4, -0.2) is 28.0 Å². The number of nitrogens with zero attached hydrogens (tertiary/aromatic N) is 3. The van der Waals surface area contributed by atoms with Crippen LogP contribution in [0.15, 0.2) is 53.5 Å². The molecule has 1 saturated heterocycles. The second-order valence-corrected chi connectivity index (χ2v) is 8.54. The molecule has 0 radical (unpaired) electrons. The second-order valence-electron chi connectivity index (χ2n) is 8.54. The molecule has 1 fully saturated rings. The first-order valence-corrected chi connectivity index (χ1v) is 11.2. The molecule has 1 aliphatic heterocycles. The number of carbonyl (C=O) groups excluding carboxylic acids is 1. The van der Waals surface area contributed by atoms with E-state index in [0.29, 0.717) is 29.8 Å². The Bertz CT molecular complexity index is 1460. The summed E-state index contributed by atoms with van der Waals surface area (Å²) in [7, 11) is 0. The Balaban J connectivity index is 1.62. The summed E-state index contributed by atoms with van der Waals surface area (Å²) in [6.07, 6.45) is 3.39.